The first kappa shape index (κ1) is 14.9. The van der Waals surface area contributed by atoms with Gasteiger partial charge < -0.3 is 15.4 Å². The molecule has 0 spiro atoms. The van der Waals surface area contributed by atoms with E-state index < -0.39 is 0 Å². The smallest absolute Gasteiger partial charge is 0.240 e. The van der Waals surface area contributed by atoms with Crippen molar-refractivity contribution < 1.29 is 9.53 Å². The van der Waals surface area contributed by atoms with E-state index in [2.05, 4.69) is 9.97 Å². The SMILES string of the molecule is NC(=O)[C@@H]1[C@@H]2CCC[C@H]2CN1c1nccc(Oc2ccccc2)n1. The number of carbonyl (C=O) groups excluding carboxylic acids is 1. The van der Waals surface area contributed by atoms with Gasteiger partial charge in [0.1, 0.15) is 11.8 Å². The van der Waals surface area contributed by atoms with Crippen LogP contribution in [0.1, 0.15) is 19.3 Å². The lowest BCUT2D eigenvalue weighted by Crippen LogP contribution is -2.44. The molecule has 0 bridgehead atoms. The Labute approximate surface area is 140 Å². The lowest BCUT2D eigenvalue weighted by atomic mass is 9.94. The fourth-order valence-electron chi connectivity index (χ4n) is 4.01. The molecule has 2 aliphatic rings. The summed E-state index contributed by atoms with van der Waals surface area (Å²) in [5, 5.41) is 0. The molecule has 1 amide bonds. The van der Waals surface area contributed by atoms with Gasteiger partial charge >= 0.3 is 0 Å². The molecule has 1 aliphatic heterocycles. The van der Waals surface area contributed by atoms with E-state index in [9.17, 15) is 4.79 Å². The Kier molecular flexibility index (Phi) is 3.80. The van der Waals surface area contributed by atoms with Crippen molar-refractivity contribution in [2.24, 2.45) is 17.6 Å². The van der Waals surface area contributed by atoms with Crippen molar-refractivity contribution in [3.63, 3.8) is 0 Å². The van der Waals surface area contributed by atoms with Crippen LogP contribution in [0.2, 0.25) is 0 Å². The Morgan fingerprint density at radius 2 is 2.04 bits per heavy atom. The van der Waals surface area contributed by atoms with Gasteiger partial charge in [0.25, 0.3) is 0 Å². The number of nitrogens with two attached hydrogens (primary N) is 1. The van der Waals surface area contributed by atoms with Gasteiger partial charge in [-0.3, -0.25) is 4.79 Å². The minimum Gasteiger partial charge on any atom is -0.439 e. The van der Waals surface area contributed by atoms with Crippen LogP contribution in [0.15, 0.2) is 42.6 Å². The van der Waals surface area contributed by atoms with Crippen molar-refractivity contribution in [2.75, 3.05) is 11.4 Å². The molecule has 124 valence electrons. The maximum Gasteiger partial charge on any atom is 0.240 e. The third-order valence-electron chi connectivity index (χ3n) is 5.02. The van der Waals surface area contributed by atoms with Crippen LogP contribution in [0.25, 0.3) is 0 Å². The zero-order valence-electron chi connectivity index (χ0n) is 13.3. The molecule has 1 saturated heterocycles. The van der Waals surface area contributed by atoms with Crippen LogP contribution in [0, 0.1) is 11.8 Å². The highest BCUT2D eigenvalue weighted by atomic mass is 16.5. The summed E-state index contributed by atoms with van der Waals surface area (Å²) in [4.78, 5) is 22.8. The number of anilines is 1. The number of benzene rings is 1. The van der Waals surface area contributed by atoms with E-state index >= 15 is 0 Å². The minimum absolute atomic E-state index is 0.289. The van der Waals surface area contributed by atoms with E-state index in [4.69, 9.17) is 10.5 Å². The van der Waals surface area contributed by atoms with Crippen molar-refractivity contribution in [1.82, 2.24) is 9.97 Å². The van der Waals surface area contributed by atoms with Crippen molar-refractivity contribution >= 4 is 11.9 Å². The molecule has 4 rings (SSSR count). The third kappa shape index (κ3) is 2.68. The Morgan fingerprint density at radius 1 is 1.21 bits per heavy atom. The first-order chi connectivity index (χ1) is 11.7. The summed E-state index contributed by atoms with van der Waals surface area (Å²) in [6, 6.07) is 10.9. The first-order valence-corrected chi connectivity index (χ1v) is 8.34. The van der Waals surface area contributed by atoms with Crippen molar-refractivity contribution in [3.8, 4) is 11.6 Å². The van der Waals surface area contributed by atoms with Crippen molar-refractivity contribution in [1.29, 1.82) is 0 Å². The van der Waals surface area contributed by atoms with Crippen LogP contribution < -0.4 is 15.4 Å². The van der Waals surface area contributed by atoms with Gasteiger partial charge in [0.2, 0.25) is 17.7 Å². The number of para-hydroxylation sites is 1. The Morgan fingerprint density at radius 3 is 2.83 bits per heavy atom. The van der Waals surface area contributed by atoms with E-state index in [1.54, 1.807) is 12.3 Å². The molecule has 2 heterocycles. The number of carbonyl (C=O) groups is 1. The second-order valence-corrected chi connectivity index (χ2v) is 6.46. The normalized spacial score (nSPS) is 25.5. The van der Waals surface area contributed by atoms with E-state index in [1.165, 1.54) is 6.42 Å². The number of nitrogens with zero attached hydrogens (tertiary/aromatic N) is 3. The molecule has 6 heteroatoms. The van der Waals surface area contributed by atoms with E-state index in [-0.39, 0.29) is 11.9 Å². The molecule has 2 N–H and O–H groups in total. The lowest BCUT2D eigenvalue weighted by Gasteiger charge is -2.25. The van der Waals surface area contributed by atoms with Crippen molar-refractivity contribution in [2.45, 2.75) is 25.3 Å². The van der Waals surface area contributed by atoms with Crippen LogP contribution in [-0.2, 0) is 4.79 Å². The van der Waals surface area contributed by atoms with Gasteiger partial charge in [-0.1, -0.05) is 24.6 Å². The number of amides is 1. The second kappa shape index (κ2) is 6.11. The number of hydrogen-bond acceptors (Lipinski definition) is 5. The molecular formula is C18H20N4O2. The summed E-state index contributed by atoms with van der Waals surface area (Å²) < 4.78 is 5.77. The summed E-state index contributed by atoms with van der Waals surface area (Å²) in [6.07, 6.45) is 5.03. The van der Waals surface area contributed by atoms with E-state index in [0.29, 0.717) is 29.4 Å². The average Bonchev–Trinajstić information content (AvgIpc) is 3.16. The zero-order chi connectivity index (χ0) is 16.5. The maximum atomic E-state index is 12.0. The Bertz CT molecular complexity index is 737. The van der Waals surface area contributed by atoms with Gasteiger partial charge in [-0.15, -0.1) is 0 Å². The molecule has 3 atom stereocenters. The lowest BCUT2D eigenvalue weighted by molar-refractivity contribution is -0.120. The van der Waals surface area contributed by atoms with Gasteiger partial charge in [0.05, 0.1) is 0 Å². The summed E-state index contributed by atoms with van der Waals surface area (Å²) in [5.74, 6) is 2.23. The number of rotatable bonds is 4. The van der Waals surface area contributed by atoms with E-state index in [0.717, 1.165) is 19.4 Å². The van der Waals surface area contributed by atoms with Crippen LogP contribution in [0.5, 0.6) is 11.6 Å². The second-order valence-electron chi connectivity index (χ2n) is 6.46. The van der Waals surface area contributed by atoms with Crippen molar-refractivity contribution in [3.05, 3.63) is 42.6 Å². The topological polar surface area (TPSA) is 81.3 Å². The molecule has 1 aromatic carbocycles. The number of aromatic nitrogens is 2. The molecule has 2 fully saturated rings. The molecule has 1 aliphatic carbocycles. The quantitative estimate of drug-likeness (QED) is 0.933. The number of primary amides is 1. The summed E-state index contributed by atoms with van der Waals surface area (Å²) in [5.41, 5.74) is 5.68. The predicted octanol–water partition coefficient (Wildman–Crippen LogP) is 2.36. The average molecular weight is 324 g/mol. The van der Waals surface area contributed by atoms with Crippen LogP contribution in [0.4, 0.5) is 5.95 Å². The van der Waals surface area contributed by atoms with Gasteiger partial charge in [0, 0.05) is 18.8 Å². The first-order valence-electron chi connectivity index (χ1n) is 8.34. The largest absolute Gasteiger partial charge is 0.439 e. The molecule has 2 aromatic rings. The molecule has 24 heavy (non-hydrogen) atoms. The molecule has 1 saturated carbocycles. The summed E-state index contributed by atoms with van der Waals surface area (Å²) in [7, 11) is 0. The predicted molar refractivity (Wildman–Crippen MR) is 89.7 cm³/mol. The van der Waals surface area contributed by atoms with Crippen LogP contribution >= 0.6 is 0 Å². The monoisotopic (exact) mass is 324 g/mol. The maximum absolute atomic E-state index is 12.0. The highest BCUT2D eigenvalue weighted by Gasteiger charge is 2.47. The molecule has 6 nitrogen and oxygen atoms in total. The fourth-order valence-corrected chi connectivity index (χ4v) is 4.01. The van der Waals surface area contributed by atoms with Gasteiger partial charge in [-0.05, 0) is 36.8 Å². The Balaban J connectivity index is 1.60. The molecule has 0 radical (unpaired) electrons. The summed E-state index contributed by atoms with van der Waals surface area (Å²) in [6.45, 7) is 0.785. The number of fused-ring (bicyclic) bond motifs is 1. The standard InChI is InChI=1S/C18H20N4O2/c19-17(23)16-14-8-4-5-12(14)11-22(16)18-20-10-9-15(21-18)24-13-6-2-1-3-7-13/h1-3,6-7,9-10,12,14,16H,4-5,8,11H2,(H2,19,23)/t12-,14+,16-/m0/s1. The van der Waals surface area contributed by atoms with Gasteiger partial charge in [0.15, 0.2) is 0 Å². The van der Waals surface area contributed by atoms with Crippen LogP contribution in [0.3, 0.4) is 0 Å². The highest BCUT2D eigenvalue weighted by molar-refractivity contribution is 5.84. The number of ether oxygens (including phenoxy) is 1. The van der Waals surface area contributed by atoms with Gasteiger partial charge in [-0.2, -0.15) is 4.98 Å². The highest BCUT2D eigenvalue weighted by Crippen LogP contribution is 2.43. The molecular weight excluding hydrogens is 304 g/mol. The fraction of sp³-hybridized carbons (Fsp3) is 0.389. The zero-order valence-corrected chi connectivity index (χ0v) is 13.3. The number of hydrogen-bond donors (Lipinski definition) is 1. The van der Waals surface area contributed by atoms with Crippen LogP contribution in [-0.4, -0.2) is 28.5 Å². The minimum atomic E-state index is -0.315. The molecule has 0 unspecified atom stereocenters. The Hall–Kier alpha value is -2.63. The van der Waals surface area contributed by atoms with E-state index in [1.807, 2.05) is 35.2 Å². The molecule has 1 aromatic heterocycles. The third-order valence-corrected chi connectivity index (χ3v) is 5.02. The summed E-state index contributed by atoms with van der Waals surface area (Å²) >= 11 is 0. The van der Waals surface area contributed by atoms with Gasteiger partial charge in [-0.25, -0.2) is 4.98 Å².